The predicted molar refractivity (Wildman–Crippen MR) is 65.3 cm³/mol. The number of ether oxygens (including phenoxy) is 1. The van der Waals surface area contributed by atoms with Gasteiger partial charge in [-0.25, -0.2) is 0 Å². The van der Waals surface area contributed by atoms with Crippen molar-refractivity contribution in [3.05, 3.63) is 28.2 Å². The van der Waals surface area contributed by atoms with Gasteiger partial charge in [-0.15, -0.1) is 0 Å². The normalized spacial score (nSPS) is 23.7. The molecule has 1 aliphatic heterocycles. The molecule has 2 unspecified atom stereocenters. The molecular weight excluding hydrogens is 254 g/mol. The number of benzene rings is 1. The minimum absolute atomic E-state index is 0.282. The van der Waals surface area contributed by atoms with Gasteiger partial charge in [0.2, 0.25) is 0 Å². The lowest BCUT2D eigenvalue weighted by Crippen LogP contribution is -2.28. The van der Waals surface area contributed by atoms with E-state index in [9.17, 15) is 0 Å². The molecule has 0 aliphatic carbocycles. The van der Waals surface area contributed by atoms with E-state index in [0.717, 1.165) is 23.1 Å². The molecule has 2 rings (SSSR count). The van der Waals surface area contributed by atoms with E-state index in [0.29, 0.717) is 6.04 Å². The molecule has 0 saturated heterocycles. The first-order chi connectivity index (χ1) is 7.26. The van der Waals surface area contributed by atoms with Crippen molar-refractivity contribution in [2.75, 3.05) is 7.05 Å². The quantitative estimate of drug-likeness (QED) is 0.910. The van der Waals surface area contributed by atoms with E-state index in [2.05, 4.69) is 34.2 Å². The Bertz CT molecular complexity index is 353. The summed E-state index contributed by atoms with van der Waals surface area (Å²) in [6, 6.07) is 6.54. The molecule has 0 saturated carbocycles. The van der Waals surface area contributed by atoms with Crippen LogP contribution >= 0.6 is 15.9 Å². The first kappa shape index (κ1) is 11.0. The van der Waals surface area contributed by atoms with Crippen LogP contribution in [0, 0.1) is 0 Å². The second kappa shape index (κ2) is 4.54. The first-order valence-corrected chi connectivity index (χ1v) is 6.19. The molecule has 1 N–H and O–H groups in total. The zero-order chi connectivity index (χ0) is 10.8. The van der Waals surface area contributed by atoms with E-state index in [4.69, 9.17) is 4.74 Å². The molecule has 82 valence electrons. The largest absolute Gasteiger partial charge is 0.488 e. The molecule has 1 aliphatic rings. The summed E-state index contributed by atoms with van der Waals surface area (Å²) in [4.78, 5) is 0. The Kier molecular flexibility index (Phi) is 3.32. The van der Waals surface area contributed by atoms with Crippen molar-refractivity contribution in [1.29, 1.82) is 0 Å². The molecule has 0 spiro atoms. The van der Waals surface area contributed by atoms with Crippen LogP contribution in [0.1, 0.15) is 31.4 Å². The van der Waals surface area contributed by atoms with Gasteiger partial charge >= 0.3 is 0 Å². The molecule has 0 aromatic heterocycles. The smallest absolute Gasteiger partial charge is 0.124 e. The molecule has 0 amide bonds. The van der Waals surface area contributed by atoms with Crippen LogP contribution in [0.4, 0.5) is 0 Å². The number of hydrogen-bond donors (Lipinski definition) is 1. The third-order valence-corrected chi connectivity index (χ3v) is 3.33. The Morgan fingerprint density at radius 1 is 1.47 bits per heavy atom. The number of nitrogens with one attached hydrogen (secondary N) is 1. The molecule has 0 fully saturated rings. The molecule has 2 nitrogen and oxygen atoms in total. The van der Waals surface area contributed by atoms with Crippen molar-refractivity contribution < 1.29 is 4.74 Å². The third-order valence-electron chi connectivity index (χ3n) is 2.84. The fourth-order valence-electron chi connectivity index (χ4n) is 2.15. The van der Waals surface area contributed by atoms with Gasteiger partial charge in [-0.05, 0) is 31.7 Å². The Balaban J connectivity index is 2.29. The minimum atomic E-state index is 0.282. The van der Waals surface area contributed by atoms with E-state index in [-0.39, 0.29) is 6.10 Å². The lowest BCUT2D eigenvalue weighted by molar-refractivity contribution is 0.182. The molecule has 0 bridgehead atoms. The van der Waals surface area contributed by atoms with Crippen molar-refractivity contribution in [3.63, 3.8) is 0 Å². The zero-order valence-corrected chi connectivity index (χ0v) is 10.7. The fourth-order valence-corrected chi connectivity index (χ4v) is 2.53. The van der Waals surface area contributed by atoms with Crippen LogP contribution < -0.4 is 10.1 Å². The summed E-state index contributed by atoms with van der Waals surface area (Å²) in [6.07, 6.45) is 2.53. The highest BCUT2D eigenvalue weighted by atomic mass is 79.9. The SMILES string of the molecule is CCCC1Oc2ccc(Br)cc2C1NC. The predicted octanol–water partition coefficient (Wildman–Crippen LogP) is 3.27. The molecule has 1 heterocycles. The summed E-state index contributed by atoms with van der Waals surface area (Å²) in [5.74, 6) is 1.02. The van der Waals surface area contributed by atoms with Gasteiger partial charge in [0.15, 0.2) is 0 Å². The Labute approximate surface area is 99.1 Å². The fraction of sp³-hybridized carbons (Fsp3) is 0.500. The molecular formula is C12H16BrNO. The van der Waals surface area contributed by atoms with E-state index in [1.54, 1.807) is 0 Å². The maximum absolute atomic E-state index is 5.92. The highest BCUT2D eigenvalue weighted by molar-refractivity contribution is 9.10. The van der Waals surface area contributed by atoms with Gasteiger partial charge in [-0.2, -0.15) is 0 Å². The number of fused-ring (bicyclic) bond motifs is 1. The van der Waals surface area contributed by atoms with Crippen molar-refractivity contribution in [1.82, 2.24) is 5.32 Å². The van der Waals surface area contributed by atoms with E-state index in [1.807, 2.05) is 19.2 Å². The molecule has 1 aromatic rings. The van der Waals surface area contributed by atoms with Crippen molar-refractivity contribution in [3.8, 4) is 5.75 Å². The van der Waals surface area contributed by atoms with Gasteiger partial charge in [-0.1, -0.05) is 29.3 Å². The Morgan fingerprint density at radius 3 is 2.93 bits per heavy atom. The van der Waals surface area contributed by atoms with Crippen LogP contribution in [0.3, 0.4) is 0 Å². The molecule has 3 heteroatoms. The van der Waals surface area contributed by atoms with E-state index in [1.165, 1.54) is 5.56 Å². The van der Waals surface area contributed by atoms with Crippen LogP contribution in [-0.2, 0) is 0 Å². The number of halogens is 1. The van der Waals surface area contributed by atoms with Gasteiger partial charge < -0.3 is 10.1 Å². The first-order valence-electron chi connectivity index (χ1n) is 5.39. The number of hydrogen-bond acceptors (Lipinski definition) is 2. The standard InChI is InChI=1S/C12H16BrNO/c1-3-4-11-12(14-2)9-7-8(13)5-6-10(9)15-11/h5-7,11-12,14H,3-4H2,1-2H3. The monoisotopic (exact) mass is 269 g/mol. The summed E-state index contributed by atoms with van der Waals surface area (Å²) in [6.45, 7) is 2.19. The molecule has 2 atom stereocenters. The number of rotatable bonds is 3. The highest BCUT2D eigenvalue weighted by Gasteiger charge is 2.32. The number of likely N-dealkylation sites (N-methyl/N-ethyl adjacent to an activating group) is 1. The van der Waals surface area contributed by atoms with Crippen LogP contribution in [0.15, 0.2) is 22.7 Å². The average Bonchev–Trinajstić information content (AvgIpc) is 2.55. The lowest BCUT2D eigenvalue weighted by Gasteiger charge is -2.17. The summed E-state index contributed by atoms with van der Waals surface area (Å²) in [7, 11) is 1.99. The van der Waals surface area contributed by atoms with Gasteiger partial charge in [0.1, 0.15) is 11.9 Å². The molecule has 1 aromatic carbocycles. The second-order valence-corrected chi connectivity index (χ2v) is 4.81. The van der Waals surface area contributed by atoms with E-state index >= 15 is 0 Å². The summed E-state index contributed by atoms with van der Waals surface area (Å²) < 4.78 is 7.04. The lowest BCUT2D eigenvalue weighted by atomic mass is 10.0. The Hall–Kier alpha value is -0.540. The average molecular weight is 270 g/mol. The maximum Gasteiger partial charge on any atom is 0.124 e. The summed E-state index contributed by atoms with van der Waals surface area (Å²) in [5.41, 5.74) is 1.27. The molecule has 15 heavy (non-hydrogen) atoms. The molecule has 0 radical (unpaired) electrons. The van der Waals surface area contributed by atoms with Crippen LogP contribution in [-0.4, -0.2) is 13.2 Å². The van der Waals surface area contributed by atoms with Crippen LogP contribution in [0.5, 0.6) is 5.75 Å². The van der Waals surface area contributed by atoms with Gasteiger partial charge in [-0.3, -0.25) is 0 Å². The maximum atomic E-state index is 5.92. The van der Waals surface area contributed by atoms with Crippen LogP contribution in [0.25, 0.3) is 0 Å². The van der Waals surface area contributed by atoms with E-state index < -0.39 is 0 Å². The third kappa shape index (κ3) is 2.04. The topological polar surface area (TPSA) is 21.3 Å². The second-order valence-electron chi connectivity index (χ2n) is 3.89. The zero-order valence-electron chi connectivity index (χ0n) is 9.09. The van der Waals surface area contributed by atoms with Gasteiger partial charge in [0.05, 0.1) is 6.04 Å². The van der Waals surface area contributed by atoms with Crippen molar-refractivity contribution >= 4 is 15.9 Å². The van der Waals surface area contributed by atoms with Gasteiger partial charge in [0, 0.05) is 10.0 Å². The van der Waals surface area contributed by atoms with Crippen molar-refractivity contribution in [2.45, 2.75) is 31.9 Å². The van der Waals surface area contributed by atoms with Crippen molar-refractivity contribution in [2.24, 2.45) is 0 Å². The minimum Gasteiger partial charge on any atom is -0.488 e. The summed E-state index contributed by atoms with van der Waals surface area (Å²) in [5, 5.41) is 3.34. The van der Waals surface area contributed by atoms with Gasteiger partial charge in [0.25, 0.3) is 0 Å². The highest BCUT2D eigenvalue weighted by Crippen LogP contribution is 2.39. The Morgan fingerprint density at radius 2 is 2.27 bits per heavy atom. The summed E-state index contributed by atoms with van der Waals surface area (Å²) >= 11 is 3.50. The van der Waals surface area contributed by atoms with Crippen LogP contribution in [0.2, 0.25) is 0 Å².